The van der Waals surface area contributed by atoms with Gasteiger partial charge in [0, 0.05) is 11.6 Å². The fourth-order valence-corrected chi connectivity index (χ4v) is 1.49. The minimum atomic E-state index is -0.609. The predicted octanol–water partition coefficient (Wildman–Crippen LogP) is 2.23. The number of benzene rings is 1. The van der Waals surface area contributed by atoms with Gasteiger partial charge < -0.3 is 0 Å². The number of carbonyl (C=O) groups is 1. The van der Waals surface area contributed by atoms with Gasteiger partial charge in [0.1, 0.15) is 11.6 Å². The highest BCUT2D eigenvalue weighted by Gasteiger charge is 2.18. The first kappa shape index (κ1) is 11.9. The quantitative estimate of drug-likeness (QED) is 0.442. The van der Waals surface area contributed by atoms with Crippen LogP contribution < -0.4 is 0 Å². The zero-order chi connectivity index (χ0) is 12.3. The SMILES string of the molecule is CCc1cc([N+](=O)[O-])c(C#N)cc1C(C)=O. The lowest BCUT2D eigenvalue weighted by Gasteiger charge is -2.05. The fraction of sp³-hybridized carbons (Fsp3) is 0.273. The predicted molar refractivity (Wildman–Crippen MR) is 57.2 cm³/mol. The van der Waals surface area contributed by atoms with Gasteiger partial charge in [0.25, 0.3) is 5.69 Å². The largest absolute Gasteiger partial charge is 0.295 e. The van der Waals surface area contributed by atoms with E-state index < -0.39 is 4.92 Å². The number of carbonyl (C=O) groups excluding carboxylic acids is 1. The van der Waals surface area contributed by atoms with Crippen LogP contribution in [0.15, 0.2) is 12.1 Å². The first-order valence-corrected chi connectivity index (χ1v) is 4.73. The lowest BCUT2D eigenvalue weighted by molar-refractivity contribution is -0.385. The second-order valence-corrected chi connectivity index (χ2v) is 3.31. The van der Waals surface area contributed by atoms with Crippen LogP contribution in [-0.4, -0.2) is 10.7 Å². The van der Waals surface area contributed by atoms with Gasteiger partial charge in [-0.15, -0.1) is 0 Å². The maximum Gasteiger partial charge on any atom is 0.287 e. The summed E-state index contributed by atoms with van der Waals surface area (Å²) in [5.41, 5.74) is 0.652. The highest BCUT2D eigenvalue weighted by atomic mass is 16.6. The molecule has 0 spiro atoms. The Hall–Kier alpha value is -2.22. The zero-order valence-electron chi connectivity index (χ0n) is 8.98. The first-order chi connectivity index (χ1) is 7.51. The van der Waals surface area contributed by atoms with Crippen molar-refractivity contribution in [1.29, 1.82) is 5.26 Å². The Balaban J connectivity index is 3.54. The van der Waals surface area contributed by atoms with Gasteiger partial charge in [-0.2, -0.15) is 5.26 Å². The number of hydrogen-bond acceptors (Lipinski definition) is 4. The lowest BCUT2D eigenvalue weighted by atomic mass is 9.98. The second kappa shape index (κ2) is 4.53. The number of ketones is 1. The van der Waals surface area contributed by atoms with Gasteiger partial charge in [-0.05, 0) is 25.0 Å². The molecule has 1 aromatic carbocycles. The molecule has 0 fully saturated rings. The van der Waals surface area contributed by atoms with Crippen molar-refractivity contribution in [2.45, 2.75) is 20.3 Å². The molecule has 0 saturated carbocycles. The molecule has 1 aromatic rings. The average Bonchev–Trinajstić information content (AvgIpc) is 2.26. The lowest BCUT2D eigenvalue weighted by Crippen LogP contribution is -2.03. The van der Waals surface area contributed by atoms with Gasteiger partial charge in [-0.25, -0.2) is 0 Å². The van der Waals surface area contributed by atoms with Crippen molar-refractivity contribution in [2.24, 2.45) is 0 Å². The van der Waals surface area contributed by atoms with E-state index in [1.54, 1.807) is 13.0 Å². The van der Waals surface area contributed by atoms with E-state index >= 15 is 0 Å². The van der Waals surface area contributed by atoms with E-state index in [1.807, 2.05) is 0 Å². The number of rotatable bonds is 3. The van der Waals surface area contributed by atoms with Crippen molar-refractivity contribution in [3.8, 4) is 6.07 Å². The number of nitro benzene ring substituents is 1. The summed E-state index contributed by atoms with van der Waals surface area (Å²) in [7, 11) is 0. The number of nitrogens with zero attached hydrogens (tertiary/aromatic N) is 2. The van der Waals surface area contributed by atoms with Crippen LogP contribution >= 0.6 is 0 Å². The molecule has 0 radical (unpaired) electrons. The van der Waals surface area contributed by atoms with Crippen LogP contribution in [0.1, 0.15) is 35.3 Å². The summed E-state index contributed by atoms with van der Waals surface area (Å²) < 4.78 is 0. The minimum absolute atomic E-state index is 0.0765. The van der Waals surface area contributed by atoms with E-state index in [9.17, 15) is 14.9 Å². The summed E-state index contributed by atoms with van der Waals surface area (Å²) in [6.07, 6.45) is 0.515. The van der Waals surface area contributed by atoms with Gasteiger partial charge in [0.05, 0.1) is 4.92 Å². The van der Waals surface area contributed by atoms with Crippen LogP contribution in [0.3, 0.4) is 0 Å². The third-order valence-electron chi connectivity index (χ3n) is 2.30. The Kier molecular flexibility index (Phi) is 3.36. The average molecular weight is 218 g/mol. The molecule has 0 amide bonds. The molecule has 0 aliphatic carbocycles. The van der Waals surface area contributed by atoms with Gasteiger partial charge >= 0.3 is 0 Å². The first-order valence-electron chi connectivity index (χ1n) is 4.73. The van der Waals surface area contributed by atoms with Crippen molar-refractivity contribution in [3.05, 3.63) is 38.9 Å². The van der Waals surface area contributed by atoms with Crippen LogP contribution in [-0.2, 0) is 6.42 Å². The number of Topliss-reactive ketones (excluding diaryl/α,β-unsaturated/α-hetero) is 1. The maximum atomic E-state index is 11.3. The van der Waals surface area contributed by atoms with E-state index in [0.29, 0.717) is 17.5 Å². The highest BCUT2D eigenvalue weighted by molar-refractivity contribution is 5.96. The Labute approximate surface area is 92.5 Å². The van der Waals surface area contributed by atoms with Crippen molar-refractivity contribution < 1.29 is 9.72 Å². The smallest absolute Gasteiger partial charge is 0.287 e. The number of aryl methyl sites for hydroxylation is 1. The van der Waals surface area contributed by atoms with E-state index in [-0.39, 0.29) is 17.0 Å². The molecule has 0 aromatic heterocycles. The molecule has 0 aliphatic rings. The van der Waals surface area contributed by atoms with Crippen LogP contribution in [0.2, 0.25) is 0 Å². The summed E-state index contributed by atoms with van der Waals surface area (Å²) >= 11 is 0. The van der Waals surface area contributed by atoms with E-state index in [1.165, 1.54) is 19.1 Å². The van der Waals surface area contributed by atoms with Gasteiger partial charge in [0.2, 0.25) is 0 Å². The molecular formula is C11H10N2O3. The molecule has 0 N–H and O–H groups in total. The summed E-state index contributed by atoms with van der Waals surface area (Å²) in [4.78, 5) is 21.4. The van der Waals surface area contributed by atoms with Gasteiger partial charge in [-0.3, -0.25) is 14.9 Å². The molecule has 0 atom stereocenters. The third-order valence-corrected chi connectivity index (χ3v) is 2.30. The Morgan fingerprint density at radius 1 is 1.56 bits per heavy atom. The summed E-state index contributed by atoms with van der Waals surface area (Å²) in [6.45, 7) is 3.18. The summed E-state index contributed by atoms with van der Waals surface area (Å²) in [6, 6.07) is 4.32. The molecule has 82 valence electrons. The molecule has 5 heteroatoms. The Morgan fingerprint density at radius 2 is 2.19 bits per heavy atom. The van der Waals surface area contributed by atoms with Crippen LogP contribution in [0, 0.1) is 21.4 Å². The molecule has 0 unspecified atom stereocenters. The Morgan fingerprint density at radius 3 is 2.56 bits per heavy atom. The van der Waals surface area contributed by atoms with E-state index in [0.717, 1.165) is 0 Å². The molecule has 0 aliphatic heterocycles. The topological polar surface area (TPSA) is 84.0 Å². The van der Waals surface area contributed by atoms with Crippen LogP contribution in [0.25, 0.3) is 0 Å². The van der Waals surface area contributed by atoms with Crippen molar-refractivity contribution in [3.63, 3.8) is 0 Å². The fourth-order valence-electron chi connectivity index (χ4n) is 1.49. The molecular weight excluding hydrogens is 208 g/mol. The molecule has 0 heterocycles. The van der Waals surface area contributed by atoms with E-state index in [4.69, 9.17) is 5.26 Å². The number of hydrogen-bond donors (Lipinski definition) is 0. The van der Waals surface area contributed by atoms with E-state index in [2.05, 4.69) is 0 Å². The molecule has 1 rings (SSSR count). The highest BCUT2D eigenvalue weighted by Crippen LogP contribution is 2.24. The third kappa shape index (κ3) is 2.06. The van der Waals surface area contributed by atoms with Crippen LogP contribution in [0.4, 0.5) is 5.69 Å². The molecule has 0 saturated heterocycles. The molecule has 0 bridgehead atoms. The summed E-state index contributed by atoms with van der Waals surface area (Å²) in [5, 5.41) is 19.5. The number of nitro groups is 1. The van der Waals surface area contributed by atoms with Crippen molar-refractivity contribution >= 4 is 11.5 Å². The number of nitriles is 1. The monoisotopic (exact) mass is 218 g/mol. The maximum absolute atomic E-state index is 11.3. The molecule has 16 heavy (non-hydrogen) atoms. The summed E-state index contributed by atoms with van der Waals surface area (Å²) in [5.74, 6) is -0.191. The van der Waals surface area contributed by atoms with Gasteiger partial charge in [-0.1, -0.05) is 6.92 Å². The van der Waals surface area contributed by atoms with Crippen molar-refractivity contribution in [2.75, 3.05) is 0 Å². The second-order valence-electron chi connectivity index (χ2n) is 3.31. The molecule has 5 nitrogen and oxygen atoms in total. The van der Waals surface area contributed by atoms with Crippen molar-refractivity contribution in [1.82, 2.24) is 0 Å². The normalized spacial score (nSPS) is 9.56. The van der Waals surface area contributed by atoms with Gasteiger partial charge in [0.15, 0.2) is 5.78 Å². The zero-order valence-corrected chi connectivity index (χ0v) is 8.98. The standard InChI is InChI=1S/C11H10N2O3/c1-3-8-5-11(13(15)16)9(6-12)4-10(8)7(2)14/h4-5H,3H2,1-2H3. The Bertz CT molecular complexity index is 501. The van der Waals surface area contributed by atoms with Crippen LogP contribution in [0.5, 0.6) is 0 Å². The minimum Gasteiger partial charge on any atom is -0.295 e.